The minimum absolute atomic E-state index is 0.0124. The maximum Gasteiger partial charge on any atom is 0.315 e. The third-order valence-corrected chi connectivity index (χ3v) is 15.3. The van der Waals surface area contributed by atoms with Gasteiger partial charge < -0.3 is 26.2 Å². The number of nitrogens with zero attached hydrogens (tertiary/aromatic N) is 2. The molecule has 1 unspecified atom stereocenters. The van der Waals surface area contributed by atoms with Crippen molar-refractivity contribution in [2.24, 2.45) is 23.2 Å². The molecule has 0 aromatic heterocycles. The van der Waals surface area contributed by atoms with Crippen LogP contribution in [0.15, 0.2) is 0 Å². The molecule has 0 spiro atoms. The average Bonchev–Trinajstić information content (AvgIpc) is 4.04. The smallest absolute Gasteiger partial charge is 0.315 e. The van der Waals surface area contributed by atoms with E-state index >= 15 is 0 Å². The summed E-state index contributed by atoms with van der Waals surface area (Å²) in [4.78, 5) is 71.2. The Labute approximate surface area is 311 Å². The summed E-state index contributed by atoms with van der Waals surface area (Å²) in [5, 5.41) is 11.0. The van der Waals surface area contributed by atoms with Gasteiger partial charge in [-0.3, -0.25) is 19.2 Å². The number of sulfonamides is 1. The summed E-state index contributed by atoms with van der Waals surface area (Å²) in [5.41, 5.74) is -1.59. The highest BCUT2D eigenvalue weighted by Gasteiger charge is 2.51. The molecular weight excluding hydrogens is 685 g/mol. The predicted molar refractivity (Wildman–Crippen MR) is 198 cm³/mol. The summed E-state index contributed by atoms with van der Waals surface area (Å²) in [6, 6.07) is -3.36. The Morgan fingerprint density at radius 1 is 0.827 bits per heavy atom. The molecule has 4 aliphatic carbocycles. The zero-order valence-corrected chi connectivity index (χ0v) is 33.1. The number of likely N-dealkylation sites (tertiary alicyclic amines) is 1. The normalized spacial score (nSPS) is 26.3. The second-order valence-corrected chi connectivity index (χ2v) is 19.9. The van der Waals surface area contributed by atoms with Crippen LogP contribution in [-0.2, 0) is 29.2 Å². The number of carbonyl (C=O) groups is 5. The summed E-state index contributed by atoms with van der Waals surface area (Å²) in [6.07, 6.45) is 12.3. The van der Waals surface area contributed by atoms with E-state index in [9.17, 15) is 32.4 Å². The Kier molecular flexibility index (Phi) is 12.7. The van der Waals surface area contributed by atoms with E-state index in [4.69, 9.17) is 0 Å². The molecule has 1 saturated heterocycles. The number of rotatable bonds is 15. The first-order valence-corrected chi connectivity index (χ1v) is 21.4. The lowest BCUT2D eigenvalue weighted by Gasteiger charge is -2.45. The lowest BCUT2D eigenvalue weighted by molar-refractivity contribution is -0.145. The van der Waals surface area contributed by atoms with Crippen LogP contribution in [0.1, 0.15) is 130 Å². The van der Waals surface area contributed by atoms with Crippen LogP contribution in [0.2, 0.25) is 0 Å². The Morgan fingerprint density at radius 3 is 1.96 bits per heavy atom. The van der Waals surface area contributed by atoms with Gasteiger partial charge in [0.2, 0.25) is 27.6 Å². The first-order chi connectivity index (χ1) is 24.5. The van der Waals surface area contributed by atoms with Gasteiger partial charge in [0, 0.05) is 26.7 Å². The third kappa shape index (κ3) is 9.13. The van der Waals surface area contributed by atoms with Gasteiger partial charge in [0.1, 0.15) is 12.1 Å². The number of urea groups is 1. The number of amides is 5. The van der Waals surface area contributed by atoms with Crippen molar-refractivity contribution >= 4 is 39.6 Å². The maximum atomic E-state index is 14.9. The van der Waals surface area contributed by atoms with Crippen molar-refractivity contribution in [2.45, 2.75) is 165 Å². The Morgan fingerprint density at radius 2 is 1.42 bits per heavy atom. The molecule has 0 aromatic carbocycles. The first-order valence-electron chi connectivity index (χ1n) is 19.9. The van der Waals surface area contributed by atoms with Crippen LogP contribution in [0.4, 0.5) is 4.79 Å². The molecule has 294 valence electrons. The second kappa shape index (κ2) is 16.3. The number of hydrogen-bond acceptors (Lipinski definition) is 7. The van der Waals surface area contributed by atoms with E-state index in [-0.39, 0.29) is 29.7 Å². The van der Waals surface area contributed by atoms with Crippen molar-refractivity contribution in [1.82, 2.24) is 30.5 Å². The standard InChI is InChI=1S/C38H64N6O7S/c1-24(2)28-17-22-44(30(28)33(46)40-29(23-26-13-14-26)31(45)34(47)39-27-15-16-27)35(48)32(37(4)18-9-7-10-19-37)41-36(49)42-38(20-11-8-12-21-38)25(3)52(50,51)43(5)6/h24-30,32H,7-23H2,1-6H3,(H,39,47)(H,40,46)(H2,41,42,49)/t25-,28?,29+,30+,32-/m1/s1. The van der Waals surface area contributed by atoms with E-state index in [0.29, 0.717) is 45.1 Å². The molecule has 5 aliphatic rings. The fraction of sp³-hybridized carbons (Fsp3) is 0.868. The molecule has 1 aliphatic heterocycles. The number of ketones is 1. The number of nitrogens with one attached hydrogen (secondary N) is 4. The molecule has 4 N–H and O–H groups in total. The van der Waals surface area contributed by atoms with Crippen molar-refractivity contribution in [2.75, 3.05) is 20.6 Å². The number of Topliss-reactive ketones (excluding diaryl/α,β-unsaturated/α-hetero) is 1. The van der Waals surface area contributed by atoms with Gasteiger partial charge in [-0.05, 0) is 81.5 Å². The monoisotopic (exact) mass is 748 g/mol. The molecule has 1 heterocycles. The van der Waals surface area contributed by atoms with Crippen LogP contribution < -0.4 is 21.3 Å². The summed E-state index contributed by atoms with van der Waals surface area (Å²) in [7, 11) is -0.706. The van der Waals surface area contributed by atoms with Gasteiger partial charge in [-0.15, -0.1) is 0 Å². The zero-order chi connectivity index (χ0) is 38.0. The Hall–Kier alpha value is -2.74. The molecule has 5 fully saturated rings. The van der Waals surface area contributed by atoms with Crippen molar-refractivity contribution in [1.29, 1.82) is 0 Å². The van der Waals surface area contributed by atoms with E-state index in [0.717, 1.165) is 64.2 Å². The van der Waals surface area contributed by atoms with Gasteiger partial charge in [0.25, 0.3) is 5.91 Å². The SMILES string of the molecule is CC(C)C1CCN(C(=O)[C@@H](NC(=O)NC2([C@@H](C)S(=O)(=O)N(C)C)CCCCC2)C2(C)CCCCC2)[C@@H]1C(=O)N[C@@H](CC1CC1)C(=O)C(=O)NC1CC1. The summed E-state index contributed by atoms with van der Waals surface area (Å²) >= 11 is 0. The largest absolute Gasteiger partial charge is 0.347 e. The van der Waals surface area contributed by atoms with Crippen LogP contribution in [0, 0.1) is 23.2 Å². The molecular formula is C38H64N6O7S. The third-order valence-electron chi connectivity index (χ3n) is 12.9. The minimum Gasteiger partial charge on any atom is -0.347 e. The molecule has 0 bridgehead atoms. The number of hydrogen-bond donors (Lipinski definition) is 4. The van der Waals surface area contributed by atoms with Crippen LogP contribution in [-0.4, -0.2) is 103 Å². The quantitative estimate of drug-likeness (QED) is 0.185. The van der Waals surface area contributed by atoms with Crippen LogP contribution >= 0.6 is 0 Å². The Bertz CT molecular complexity index is 1450. The molecule has 5 rings (SSSR count). The van der Waals surface area contributed by atoms with Crippen molar-refractivity contribution in [3.63, 3.8) is 0 Å². The van der Waals surface area contributed by atoms with Gasteiger partial charge in [0.15, 0.2) is 0 Å². The van der Waals surface area contributed by atoms with E-state index in [1.165, 1.54) is 18.4 Å². The molecule has 5 atom stereocenters. The molecule has 4 saturated carbocycles. The maximum absolute atomic E-state index is 14.9. The lowest BCUT2D eigenvalue weighted by atomic mass is 9.70. The van der Waals surface area contributed by atoms with Gasteiger partial charge in [-0.2, -0.15) is 0 Å². The van der Waals surface area contributed by atoms with Crippen molar-refractivity contribution < 1.29 is 32.4 Å². The molecule has 13 nitrogen and oxygen atoms in total. The average molecular weight is 749 g/mol. The fourth-order valence-corrected chi connectivity index (χ4v) is 10.6. The molecule has 0 radical (unpaired) electrons. The van der Waals surface area contributed by atoms with E-state index in [2.05, 4.69) is 21.3 Å². The molecule has 5 amide bonds. The highest BCUT2D eigenvalue weighted by Crippen LogP contribution is 2.42. The highest BCUT2D eigenvalue weighted by molar-refractivity contribution is 7.89. The second-order valence-electron chi connectivity index (χ2n) is 17.5. The molecule has 52 heavy (non-hydrogen) atoms. The Balaban J connectivity index is 1.40. The van der Waals surface area contributed by atoms with Crippen LogP contribution in [0.25, 0.3) is 0 Å². The van der Waals surface area contributed by atoms with Crippen molar-refractivity contribution in [3.05, 3.63) is 0 Å². The van der Waals surface area contributed by atoms with Gasteiger partial charge >= 0.3 is 6.03 Å². The topological polar surface area (TPSA) is 174 Å². The van der Waals surface area contributed by atoms with E-state index < -0.39 is 68.0 Å². The van der Waals surface area contributed by atoms with Crippen LogP contribution in [0.3, 0.4) is 0 Å². The summed E-state index contributed by atoms with van der Waals surface area (Å²) in [6.45, 7) is 8.04. The summed E-state index contributed by atoms with van der Waals surface area (Å²) in [5.74, 6) is -1.96. The van der Waals surface area contributed by atoms with Gasteiger partial charge in [0.05, 0.1) is 16.8 Å². The summed E-state index contributed by atoms with van der Waals surface area (Å²) < 4.78 is 28.0. The number of carbonyl (C=O) groups excluding carboxylic acids is 5. The van der Waals surface area contributed by atoms with Gasteiger partial charge in [-0.25, -0.2) is 17.5 Å². The fourth-order valence-electron chi connectivity index (χ4n) is 9.07. The minimum atomic E-state index is -3.71. The predicted octanol–water partition coefficient (Wildman–Crippen LogP) is 3.61. The molecule has 0 aromatic rings. The highest BCUT2D eigenvalue weighted by atomic mass is 32.2. The van der Waals surface area contributed by atoms with E-state index in [1.54, 1.807) is 11.8 Å². The molecule has 14 heteroatoms. The van der Waals surface area contributed by atoms with E-state index in [1.807, 2.05) is 20.8 Å². The first kappa shape index (κ1) is 40.4. The lowest BCUT2D eigenvalue weighted by Crippen LogP contribution is -2.66. The van der Waals surface area contributed by atoms with Crippen molar-refractivity contribution in [3.8, 4) is 0 Å². The van der Waals surface area contributed by atoms with Crippen LogP contribution in [0.5, 0.6) is 0 Å². The van der Waals surface area contributed by atoms with Gasteiger partial charge in [-0.1, -0.05) is 72.1 Å². The zero-order valence-electron chi connectivity index (χ0n) is 32.3.